The smallest absolute Gasteiger partial charge is 0.313 e. The lowest BCUT2D eigenvalue weighted by atomic mass is 10.0. The van der Waals surface area contributed by atoms with Gasteiger partial charge in [-0.25, -0.2) is 0 Å². The molecule has 0 N–H and O–H groups in total. The van der Waals surface area contributed by atoms with Crippen LogP contribution in [0.1, 0.15) is 12.5 Å². The third kappa shape index (κ3) is 3.08. The van der Waals surface area contributed by atoms with Crippen molar-refractivity contribution in [1.29, 1.82) is 0 Å². The van der Waals surface area contributed by atoms with Gasteiger partial charge in [-0.2, -0.15) is 0 Å². The number of ether oxygens (including phenoxy) is 1. The summed E-state index contributed by atoms with van der Waals surface area (Å²) >= 11 is 0. The topological polar surface area (TPSA) is 26.3 Å². The van der Waals surface area contributed by atoms with Crippen LogP contribution in [0.2, 0.25) is 0 Å². The van der Waals surface area contributed by atoms with Crippen molar-refractivity contribution in [2.75, 3.05) is 6.61 Å². The molecule has 0 bridgehead atoms. The van der Waals surface area contributed by atoms with Crippen molar-refractivity contribution >= 4 is 26.0 Å². The summed E-state index contributed by atoms with van der Waals surface area (Å²) < 4.78 is 5.00. The van der Waals surface area contributed by atoms with Crippen LogP contribution in [0.15, 0.2) is 42.5 Å². The van der Waals surface area contributed by atoms with E-state index in [0.29, 0.717) is 13.0 Å². The number of carbonyl (C=O) groups is 1. The average molecular weight is 260 g/mol. The van der Waals surface area contributed by atoms with Crippen LogP contribution in [0.4, 0.5) is 0 Å². The summed E-state index contributed by atoms with van der Waals surface area (Å²) in [6.45, 7) is 2.26. The van der Waals surface area contributed by atoms with E-state index in [0.717, 1.165) is 5.56 Å². The Labute approximate surface area is 110 Å². The zero-order chi connectivity index (χ0) is 13.0. The summed E-state index contributed by atoms with van der Waals surface area (Å²) in [5, 5.41) is 2.42. The summed E-state index contributed by atoms with van der Waals surface area (Å²) in [7, 11) is 2.56. The summed E-state index contributed by atoms with van der Waals surface area (Å²) in [4.78, 5) is 11.6. The fraction of sp³-hybridized carbons (Fsp3) is 0.267. The van der Waals surface area contributed by atoms with Gasteiger partial charge in [0.1, 0.15) is 0 Å². The van der Waals surface area contributed by atoms with Gasteiger partial charge in [0.05, 0.1) is 12.3 Å². The van der Waals surface area contributed by atoms with E-state index in [-0.39, 0.29) is 11.6 Å². The molecule has 0 spiro atoms. The third-order valence-corrected chi connectivity index (χ3v) is 3.37. The van der Waals surface area contributed by atoms with Crippen LogP contribution in [-0.2, 0) is 16.0 Å². The van der Waals surface area contributed by atoms with Gasteiger partial charge in [-0.1, -0.05) is 42.5 Å². The first-order valence-corrected chi connectivity index (χ1v) is 6.77. The van der Waals surface area contributed by atoms with Gasteiger partial charge >= 0.3 is 5.97 Å². The second kappa shape index (κ2) is 5.97. The normalized spacial score (nSPS) is 12.3. The molecule has 0 aliphatic rings. The molecule has 0 saturated carbocycles. The van der Waals surface area contributed by atoms with Gasteiger partial charge in [0.15, 0.2) is 0 Å². The fourth-order valence-corrected chi connectivity index (χ4v) is 2.32. The van der Waals surface area contributed by atoms with Crippen LogP contribution in [0.3, 0.4) is 0 Å². The molecule has 0 fully saturated rings. The predicted molar refractivity (Wildman–Crippen MR) is 77.8 cm³/mol. The summed E-state index contributed by atoms with van der Waals surface area (Å²) in [5.41, 5.74) is 0.980. The molecule has 2 unspecified atom stereocenters. The Kier molecular flexibility index (Phi) is 4.33. The lowest BCUT2D eigenvalue weighted by Crippen LogP contribution is -2.19. The molecule has 0 heterocycles. The summed E-state index contributed by atoms with van der Waals surface area (Å²) in [5.74, 6) is -0.157. The van der Waals surface area contributed by atoms with E-state index in [4.69, 9.17) is 4.74 Å². The lowest BCUT2D eigenvalue weighted by Gasteiger charge is -2.10. The lowest BCUT2D eigenvalue weighted by molar-refractivity contribution is -0.142. The number of esters is 1. The number of hydrogen-bond donors (Lipinski definition) is 0. The van der Waals surface area contributed by atoms with Crippen LogP contribution in [0, 0.1) is 0 Å². The molecule has 0 aliphatic heterocycles. The highest BCUT2D eigenvalue weighted by Gasteiger charge is 2.14. The van der Waals surface area contributed by atoms with Crippen molar-refractivity contribution in [3.05, 3.63) is 48.0 Å². The first-order chi connectivity index (χ1) is 8.70. The van der Waals surface area contributed by atoms with Gasteiger partial charge in [-0.15, -0.1) is 9.24 Å². The van der Waals surface area contributed by atoms with E-state index in [2.05, 4.69) is 39.6 Å². The molecule has 0 aromatic heterocycles. The maximum atomic E-state index is 11.6. The van der Waals surface area contributed by atoms with Crippen molar-refractivity contribution in [2.45, 2.75) is 19.0 Å². The maximum absolute atomic E-state index is 11.6. The van der Waals surface area contributed by atoms with E-state index in [1.807, 2.05) is 19.1 Å². The third-order valence-electron chi connectivity index (χ3n) is 2.86. The van der Waals surface area contributed by atoms with E-state index in [1.54, 1.807) is 0 Å². The first kappa shape index (κ1) is 13.0. The Hall–Kier alpha value is -1.40. The first-order valence-electron chi connectivity index (χ1n) is 6.10. The molecule has 94 valence electrons. The Bertz CT molecular complexity index is 551. The van der Waals surface area contributed by atoms with Gasteiger partial charge in [0.25, 0.3) is 0 Å². The maximum Gasteiger partial charge on any atom is 0.313 e. The Morgan fingerprint density at radius 3 is 2.67 bits per heavy atom. The van der Waals surface area contributed by atoms with E-state index >= 15 is 0 Å². The second-order valence-electron chi connectivity index (χ2n) is 4.24. The number of rotatable bonds is 4. The summed E-state index contributed by atoms with van der Waals surface area (Å²) in [6, 6.07) is 14.5. The molecule has 18 heavy (non-hydrogen) atoms. The largest absolute Gasteiger partial charge is 0.466 e. The number of hydrogen-bond acceptors (Lipinski definition) is 2. The number of benzene rings is 2. The quantitative estimate of drug-likeness (QED) is 0.623. The highest BCUT2D eigenvalue weighted by Crippen LogP contribution is 2.18. The molecule has 3 heteroatoms. The highest BCUT2D eigenvalue weighted by atomic mass is 31.0. The predicted octanol–water partition coefficient (Wildman–Crippen LogP) is 3.19. The molecule has 0 saturated heterocycles. The molecule has 0 radical (unpaired) electrons. The molecular weight excluding hydrogens is 243 g/mol. The van der Waals surface area contributed by atoms with Crippen LogP contribution >= 0.6 is 9.24 Å². The standard InChI is InChI=1S/C15H17O2P/c1-2-17-15(16)14(18)10-11-7-8-12-5-3-4-6-13(12)9-11/h3-9,14H,2,10,18H2,1H3. The minimum absolute atomic E-state index is 0.157. The molecule has 2 aromatic carbocycles. The van der Waals surface area contributed by atoms with Crippen molar-refractivity contribution < 1.29 is 9.53 Å². The van der Waals surface area contributed by atoms with Crippen molar-refractivity contribution in [2.24, 2.45) is 0 Å². The highest BCUT2D eigenvalue weighted by molar-refractivity contribution is 7.19. The van der Waals surface area contributed by atoms with Crippen LogP contribution in [0.25, 0.3) is 10.8 Å². The van der Waals surface area contributed by atoms with Crippen molar-refractivity contribution in [1.82, 2.24) is 0 Å². The molecule has 2 atom stereocenters. The van der Waals surface area contributed by atoms with Gasteiger partial charge < -0.3 is 4.74 Å². The van der Waals surface area contributed by atoms with E-state index in [1.165, 1.54) is 10.8 Å². The zero-order valence-corrected chi connectivity index (χ0v) is 11.6. The molecular formula is C15H17O2P. The molecule has 2 nitrogen and oxygen atoms in total. The molecule has 0 amide bonds. The van der Waals surface area contributed by atoms with Crippen LogP contribution in [0.5, 0.6) is 0 Å². The number of fused-ring (bicyclic) bond motifs is 1. The van der Waals surface area contributed by atoms with Gasteiger partial charge in [0.2, 0.25) is 0 Å². The summed E-state index contributed by atoms with van der Waals surface area (Å²) in [6.07, 6.45) is 0.689. The molecule has 2 rings (SSSR count). The van der Waals surface area contributed by atoms with E-state index in [9.17, 15) is 4.79 Å². The molecule has 0 aliphatic carbocycles. The second-order valence-corrected chi connectivity index (χ2v) is 5.05. The minimum atomic E-state index is -0.175. The SMILES string of the molecule is CCOC(=O)C(P)Cc1ccc2ccccc2c1. The Morgan fingerprint density at radius 2 is 1.94 bits per heavy atom. The van der Waals surface area contributed by atoms with Crippen molar-refractivity contribution in [3.8, 4) is 0 Å². The monoisotopic (exact) mass is 260 g/mol. The van der Waals surface area contributed by atoms with E-state index < -0.39 is 0 Å². The van der Waals surface area contributed by atoms with Gasteiger partial charge in [-0.05, 0) is 29.7 Å². The van der Waals surface area contributed by atoms with Crippen molar-refractivity contribution in [3.63, 3.8) is 0 Å². The van der Waals surface area contributed by atoms with Crippen LogP contribution in [-0.4, -0.2) is 18.2 Å². The fourth-order valence-electron chi connectivity index (χ4n) is 1.95. The zero-order valence-electron chi connectivity index (χ0n) is 10.4. The Balaban J connectivity index is 2.14. The molecule has 2 aromatic rings. The van der Waals surface area contributed by atoms with Gasteiger partial charge in [-0.3, -0.25) is 4.79 Å². The average Bonchev–Trinajstić information content (AvgIpc) is 2.39. The Morgan fingerprint density at radius 1 is 1.22 bits per heavy atom. The minimum Gasteiger partial charge on any atom is -0.466 e. The van der Waals surface area contributed by atoms with Crippen LogP contribution < -0.4 is 0 Å². The number of carbonyl (C=O) groups excluding carboxylic acids is 1. The van der Waals surface area contributed by atoms with Gasteiger partial charge in [0, 0.05) is 0 Å².